The Kier molecular flexibility index (Phi) is 9.17. The van der Waals surface area contributed by atoms with Gasteiger partial charge in [0.05, 0.1) is 17.1 Å². The number of nitrogens with one attached hydrogen (secondary N) is 2. The zero-order valence-corrected chi connectivity index (χ0v) is 17.6. The lowest BCUT2D eigenvalue weighted by Gasteiger charge is -2.20. The molecule has 1 aliphatic rings. The van der Waals surface area contributed by atoms with Crippen molar-refractivity contribution in [2.75, 3.05) is 32.9 Å². The number of hydrogen-bond acceptors (Lipinski definition) is 11. The second-order valence-electron chi connectivity index (χ2n) is 7.41. The molecule has 2 aromatic heterocycles. The number of aryl methyl sites for hydroxylation is 2. The number of rotatable bonds is 15. The fraction of sp³-hybridized carbons (Fsp3) is 0.667. The van der Waals surface area contributed by atoms with Crippen molar-refractivity contribution in [3.8, 4) is 0 Å². The molecule has 2 aromatic rings. The van der Waals surface area contributed by atoms with Gasteiger partial charge < -0.3 is 20.7 Å². The van der Waals surface area contributed by atoms with Gasteiger partial charge >= 0.3 is 0 Å². The fourth-order valence-electron chi connectivity index (χ4n) is 3.21. The van der Waals surface area contributed by atoms with Crippen LogP contribution < -0.4 is 11.0 Å². The molecule has 0 bridgehead atoms. The monoisotopic (exact) mass is 436 g/mol. The molecule has 3 heterocycles. The van der Waals surface area contributed by atoms with Crippen LogP contribution in [0.15, 0.2) is 24.3 Å². The van der Waals surface area contributed by atoms with Crippen LogP contribution in [-0.2, 0) is 26.2 Å². The Morgan fingerprint density at radius 1 is 0.774 bits per heavy atom. The molecule has 0 saturated carbocycles. The molecule has 0 aromatic carbocycles. The summed E-state index contributed by atoms with van der Waals surface area (Å²) in [5.74, 6) is 0. The molecule has 0 aliphatic carbocycles. The van der Waals surface area contributed by atoms with Crippen LogP contribution in [0.25, 0.3) is 0 Å². The van der Waals surface area contributed by atoms with Gasteiger partial charge in [0.2, 0.25) is 0 Å². The second-order valence-corrected chi connectivity index (χ2v) is 7.41. The molecule has 0 atom stereocenters. The minimum Gasteiger partial charge on any atom is -0.396 e. The highest BCUT2D eigenvalue weighted by atomic mass is 16.3. The summed E-state index contributed by atoms with van der Waals surface area (Å²) in [4.78, 5) is 2.18. The van der Waals surface area contributed by atoms with Gasteiger partial charge in [-0.15, -0.1) is 15.7 Å². The van der Waals surface area contributed by atoms with Crippen molar-refractivity contribution in [3.63, 3.8) is 0 Å². The van der Waals surface area contributed by atoms with Gasteiger partial charge in [-0.2, -0.15) is 0 Å². The standard InChI is InChI=1S/C18H32N10O3/c29-7-1-4-26-13-16(19-22-26)10-25(11-17-14-27(23-20-17)5-2-8-30)12-18-15-28(24-21-18)6-3-9-31/h13-15,19,22,29-31H,1-12H2. The molecule has 3 rings (SSSR count). The number of hydrazine groups is 2. The maximum Gasteiger partial charge on any atom is 0.0967 e. The average molecular weight is 437 g/mol. The van der Waals surface area contributed by atoms with E-state index in [4.69, 9.17) is 15.3 Å². The SMILES string of the molecule is OCCCN1C=C(CN(Cc2cn(CCCO)nn2)Cc2cn(CCCO)nn2)NN1. The molecule has 13 nitrogen and oxygen atoms in total. The first-order valence-electron chi connectivity index (χ1n) is 10.5. The summed E-state index contributed by atoms with van der Waals surface area (Å²) < 4.78 is 3.47. The third-order valence-corrected chi connectivity index (χ3v) is 4.66. The molecule has 1 aliphatic heterocycles. The highest BCUT2D eigenvalue weighted by Crippen LogP contribution is 2.11. The van der Waals surface area contributed by atoms with E-state index in [1.807, 2.05) is 23.6 Å². The van der Waals surface area contributed by atoms with E-state index in [-0.39, 0.29) is 19.8 Å². The molecule has 172 valence electrons. The van der Waals surface area contributed by atoms with E-state index in [2.05, 4.69) is 36.5 Å². The van der Waals surface area contributed by atoms with Crippen LogP contribution in [0.3, 0.4) is 0 Å². The lowest BCUT2D eigenvalue weighted by Crippen LogP contribution is -2.38. The molecule has 0 amide bonds. The average Bonchev–Trinajstić information content (AvgIpc) is 3.51. The molecular weight excluding hydrogens is 404 g/mol. The van der Waals surface area contributed by atoms with Crippen LogP contribution in [0.1, 0.15) is 30.7 Å². The van der Waals surface area contributed by atoms with E-state index in [1.165, 1.54) is 0 Å². The highest BCUT2D eigenvalue weighted by Gasteiger charge is 2.18. The topological polar surface area (TPSA) is 153 Å². The quantitative estimate of drug-likeness (QED) is 0.215. The highest BCUT2D eigenvalue weighted by molar-refractivity contribution is 5.06. The van der Waals surface area contributed by atoms with Gasteiger partial charge in [-0.05, 0) is 19.3 Å². The molecule has 0 saturated heterocycles. The van der Waals surface area contributed by atoms with Crippen molar-refractivity contribution in [1.82, 2.24) is 50.9 Å². The van der Waals surface area contributed by atoms with Crippen molar-refractivity contribution in [2.45, 2.75) is 45.4 Å². The van der Waals surface area contributed by atoms with Gasteiger partial charge in [0.25, 0.3) is 0 Å². The molecule has 0 unspecified atom stereocenters. The van der Waals surface area contributed by atoms with Gasteiger partial charge in [0.1, 0.15) is 0 Å². The van der Waals surface area contributed by atoms with Gasteiger partial charge in [-0.1, -0.05) is 10.4 Å². The van der Waals surface area contributed by atoms with Gasteiger partial charge in [-0.25, -0.2) is 0 Å². The maximum atomic E-state index is 9.02. The summed E-state index contributed by atoms with van der Waals surface area (Å²) >= 11 is 0. The van der Waals surface area contributed by atoms with Crippen LogP contribution in [0, 0.1) is 0 Å². The minimum absolute atomic E-state index is 0.118. The van der Waals surface area contributed by atoms with Crippen molar-refractivity contribution < 1.29 is 15.3 Å². The predicted molar refractivity (Wildman–Crippen MR) is 110 cm³/mol. The summed E-state index contributed by atoms with van der Waals surface area (Å²) in [7, 11) is 0. The molecular formula is C18H32N10O3. The third-order valence-electron chi connectivity index (χ3n) is 4.66. The molecule has 5 N–H and O–H groups in total. The summed E-state index contributed by atoms with van der Waals surface area (Å²) in [5.41, 5.74) is 8.87. The fourth-order valence-corrected chi connectivity index (χ4v) is 3.21. The summed E-state index contributed by atoms with van der Waals surface area (Å²) in [6.45, 7) is 4.08. The van der Waals surface area contributed by atoms with E-state index in [1.54, 1.807) is 9.36 Å². The van der Waals surface area contributed by atoms with Crippen molar-refractivity contribution >= 4 is 0 Å². The van der Waals surface area contributed by atoms with Crippen LogP contribution in [0.4, 0.5) is 0 Å². The van der Waals surface area contributed by atoms with Crippen LogP contribution in [0.5, 0.6) is 0 Å². The Hall–Kier alpha value is -2.58. The lowest BCUT2D eigenvalue weighted by molar-refractivity contribution is 0.221. The first-order chi connectivity index (χ1) is 15.2. The van der Waals surface area contributed by atoms with Crippen LogP contribution in [0.2, 0.25) is 0 Å². The van der Waals surface area contributed by atoms with Crippen molar-refractivity contribution in [3.05, 3.63) is 35.7 Å². The van der Waals surface area contributed by atoms with Gasteiger partial charge in [0.15, 0.2) is 0 Å². The third kappa shape index (κ3) is 7.56. The first kappa shape index (κ1) is 23.1. The number of aliphatic hydroxyl groups excluding tert-OH is 3. The largest absolute Gasteiger partial charge is 0.396 e. The van der Waals surface area contributed by atoms with E-state index >= 15 is 0 Å². The van der Waals surface area contributed by atoms with Crippen molar-refractivity contribution in [1.29, 1.82) is 0 Å². The Labute approximate surface area is 180 Å². The summed E-state index contributed by atoms with van der Waals surface area (Å²) in [6, 6.07) is 0. The normalized spacial score (nSPS) is 13.8. The van der Waals surface area contributed by atoms with E-state index in [0.29, 0.717) is 58.5 Å². The molecule has 13 heteroatoms. The van der Waals surface area contributed by atoms with E-state index < -0.39 is 0 Å². The zero-order chi connectivity index (χ0) is 21.9. The van der Waals surface area contributed by atoms with Crippen LogP contribution >= 0.6 is 0 Å². The van der Waals surface area contributed by atoms with E-state index in [9.17, 15) is 0 Å². The van der Waals surface area contributed by atoms with Gasteiger partial charge in [-0.3, -0.25) is 19.3 Å². The van der Waals surface area contributed by atoms with Crippen LogP contribution in [-0.4, -0.2) is 88.1 Å². The zero-order valence-electron chi connectivity index (χ0n) is 17.6. The number of aliphatic hydroxyl groups is 3. The van der Waals surface area contributed by atoms with E-state index in [0.717, 1.165) is 17.1 Å². The molecule has 0 spiro atoms. The maximum absolute atomic E-state index is 9.02. The minimum atomic E-state index is 0.118. The number of nitrogens with zero attached hydrogens (tertiary/aromatic N) is 8. The lowest BCUT2D eigenvalue weighted by atomic mass is 10.3. The first-order valence-corrected chi connectivity index (χ1v) is 10.5. The Morgan fingerprint density at radius 3 is 1.87 bits per heavy atom. The Bertz CT molecular complexity index is 760. The summed E-state index contributed by atoms with van der Waals surface area (Å²) in [6.07, 6.45) is 7.71. The van der Waals surface area contributed by atoms with Crippen molar-refractivity contribution in [2.24, 2.45) is 0 Å². The number of hydrogen-bond donors (Lipinski definition) is 5. The Balaban J connectivity index is 1.64. The molecule has 0 fully saturated rings. The predicted octanol–water partition coefficient (Wildman–Crippen LogP) is -1.81. The molecule has 31 heavy (non-hydrogen) atoms. The number of aromatic nitrogens is 6. The molecule has 0 radical (unpaired) electrons. The second kappa shape index (κ2) is 12.3. The summed E-state index contributed by atoms with van der Waals surface area (Å²) in [5, 5.41) is 45.7. The Morgan fingerprint density at radius 2 is 1.32 bits per heavy atom. The van der Waals surface area contributed by atoms with Gasteiger partial charge in [0, 0.05) is 77.7 Å². The smallest absolute Gasteiger partial charge is 0.0967 e.